The van der Waals surface area contributed by atoms with Crippen LogP contribution in [-0.2, 0) is 6.42 Å². The van der Waals surface area contributed by atoms with Crippen molar-refractivity contribution in [2.45, 2.75) is 32.7 Å². The zero-order valence-corrected chi connectivity index (χ0v) is 11.4. The van der Waals surface area contributed by atoms with E-state index < -0.39 is 0 Å². The molecule has 19 heavy (non-hydrogen) atoms. The summed E-state index contributed by atoms with van der Waals surface area (Å²) >= 11 is 0. The predicted molar refractivity (Wildman–Crippen MR) is 74.5 cm³/mol. The number of benzene rings is 1. The Kier molecular flexibility index (Phi) is 4.68. The van der Waals surface area contributed by atoms with Crippen LogP contribution < -0.4 is 5.32 Å². The molecule has 2 N–H and O–H groups in total. The number of nitrogens with one attached hydrogen (secondary N) is 2. The Hall–Kier alpha value is -1.68. The number of aryl methyl sites for hydroxylation is 1. The summed E-state index contributed by atoms with van der Waals surface area (Å²) in [7, 11) is 0. The number of halogens is 1. The van der Waals surface area contributed by atoms with Crippen molar-refractivity contribution < 1.29 is 4.39 Å². The summed E-state index contributed by atoms with van der Waals surface area (Å²) in [6.07, 6.45) is 5.19. The van der Waals surface area contributed by atoms with Crippen molar-refractivity contribution in [3.05, 3.63) is 53.4 Å². The number of nitrogens with zero attached hydrogens (tertiary/aromatic N) is 1. The molecule has 102 valence electrons. The van der Waals surface area contributed by atoms with Crippen LogP contribution >= 0.6 is 0 Å². The van der Waals surface area contributed by atoms with Crippen molar-refractivity contribution in [2.24, 2.45) is 0 Å². The van der Waals surface area contributed by atoms with Crippen LogP contribution in [0.3, 0.4) is 0 Å². The monoisotopic (exact) mass is 261 g/mol. The first-order chi connectivity index (χ1) is 9.20. The van der Waals surface area contributed by atoms with Gasteiger partial charge in [-0.05, 0) is 26.0 Å². The first kappa shape index (κ1) is 13.7. The van der Waals surface area contributed by atoms with Crippen LogP contribution in [0.15, 0.2) is 30.6 Å². The van der Waals surface area contributed by atoms with Gasteiger partial charge in [-0.2, -0.15) is 0 Å². The minimum Gasteiger partial charge on any atom is -0.349 e. The third-order valence-corrected chi connectivity index (χ3v) is 3.12. The molecule has 0 radical (unpaired) electrons. The summed E-state index contributed by atoms with van der Waals surface area (Å²) in [4.78, 5) is 7.30. The van der Waals surface area contributed by atoms with Gasteiger partial charge in [0.05, 0.1) is 0 Å². The molecule has 2 aromatic rings. The maximum absolute atomic E-state index is 14.0. The molecule has 0 bridgehead atoms. The highest BCUT2D eigenvalue weighted by atomic mass is 19.1. The smallest absolute Gasteiger partial charge is 0.128 e. The maximum atomic E-state index is 14.0. The lowest BCUT2D eigenvalue weighted by atomic mass is 10.0. The quantitative estimate of drug-likeness (QED) is 0.838. The number of imidazole rings is 1. The van der Waals surface area contributed by atoms with Crippen LogP contribution in [0.25, 0.3) is 0 Å². The minimum absolute atomic E-state index is 0.0500. The summed E-state index contributed by atoms with van der Waals surface area (Å²) < 4.78 is 14.0. The van der Waals surface area contributed by atoms with Gasteiger partial charge in [0.1, 0.15) is 11.6 Å². The molecule has 1 unspecified atom stereocenters. The van der Waals surface area contributed by atoms with Crippen LogP contribution in [0, 0.1) is 12.7 Å². The van der Waals surface area contributed by atoms with E-state index in [0.717, 1.165) is 24.4 Å². The molecule has 4 heteroatoms. The lowest BCUT2D eigenvalue weighted by molar-refractivity contribution is 0.490. The van der Waals surface area contributed by atoms with E-state index in [9.17, 15) is 4.39 Å². The van der Waals surface area contributed by atoms with E-state index in [0.29, 0.717) is 12.0 Å². The van der Waals surface area contributed by atoms with Crippen LogP contribution in [0.5, 0.6) is 0 Å². The third kappa shape index (κ3) is 3.64. The van der Waals surface area contributed by atoms with E-state index in [1.807, 2.05) is 13.0 Å². The van der Waals surface area contributed by atoms with Gasteiger partial charge in [-0.15, -0.1) is 0 Å². The van der Waals surface area contributed by atoms with Gasteiger partial charge in [-0.3, -0.25) is 0 Å². The zero-order chi connectivity index (χ0) is 13.7. The Morgan fingerprint density at radius 3 is 2.95 bits per heavy atom. The fraction of sp³-hybridized carbons (Fsp3) is 0.400. The molecule has 3 nitrogen and oxygen atoms in total. The van der Waals surface area contributed by atoms with Gasteiger partial charge >= 0.3 is 0 Å². The number of hydrogen-bond acceptors (Lipinski definition) is 2. The molecular formula is C15H20FN3. The number of rotatable bonds is 6. The van der Waals surface area contributed by atoms with E-state index in [1.54, 1.807) is 18.5 Å². The highest BCUT2D eigenvalue weighted by Crippen LogP contribution is 2.21. The average molecular weight is 261 g/mol. The summed E-state index contributed by atoms with van der Waals surface area (Å²) in [5, 5.41) is 3.39. The molecule has 0 fully saturated rings. The first-order valence-corrected chi connectivity index (χ1v) is 6.68. The first-order valence-electron chi connectivity index (χ1n) is 6.68. The molecule has 0 aliphatic rings. The van der Waals surface area contributed by atoms with Crippen molar-refractivity contribution in [1.82, 2.24) is 15.3 Å². The van der Waals surface area contributed by atoms with E-state index >= 15 is 0 Å². The second-order valence-electron chi connectivity index (χ2n) is 4.77. The molecule has 0 saturated heterocycles. The van der Waals surface area contributed by atoms with Crippen LogP contribution in [-0.4, -0.2) is 16.5 Å². The summed E-state index contributed by atoms with van der Waals surface area (Å²) in [5.41, 5.74) is 1.78. The van der Waals surface area contributed by atoms with Gasteiger partial charge < -0.3 is 10.3 Å². The zero-order valence-electron chi connectivity index (χ0n) is 11.4. The number of aromatic amines is 1. The molecule has 0 aliphatic carbocycles. The van der Waals surface area contributed by atoms with Gasteiger partial charge in [-0.25, -0.2) is 9.37 Å². The molecule has 1 heterocycles. The summed E-state index contributed by atoms with van der Waals surface area (Å²) in [6, 6.07) is 5.19. The second-order valence-corrected chi connectivity index (χ2v) is 4.77. The standard InChI is InChI=1S/C15H20FN3/c1-3-6-17-14(10-15-18-7-8-19-15)12-9-11(2)4-5-13(12)16/h4-5,7-9,14,17H,3,6,10H2,1-2H3,(H,18,19). The lowest BCUT2D eigenvalue weighted by Crippen LogP contribution is -2.25. The van der Waals surface area contributed by atoms with E-state index in [1.165, 1.54) is 6.07 Å². The average Bonchev–Trinajstić information content (AvgIpc) is 2.90. The van der Waals surface area contributed by atoms with E-state index in [2.05, 4.69) is 22.2 Å². The van der Waals surface area contributed by atoms with Crippen LogP contribution in [0.1, 0.15) is 36.3 Å². The van der Waals surface area contributed by atoms with Gasteiger partial charge in [0.2, 0.25) is 0 Å². The van der Waals surface area contributed by atoms with Crippen molar-refractivity contribution in [2.75, 3.05) is 6.54 Å². The number of aromatic nitrogens is 2. The van der Waals surface area contributed by atoms with Gasteiger partial charge in [0, 0.05) is 30.4 Å². The largest absolute Gasteiger partial charge is 0.349 e. The minimum atomic E-state index is -0.161. The van der Waals surface area contributed by atoms with Crippen molar-refractivity contribution >= 4 is 0 Å². The molecule has 0 saturated carbocycles. The maximum Gasteiger partial charge on any atom is 0.128 e. The Bertz CT molecular complexity index is 508. The molecule has 0 amide bonds. The highest BCUT2D eigenvalue weighted by molar-refractivity contribution is 5.27. The summed E-state index contributed by atoms with van der Waals surface area (Å²) in [5.74, 6) is 0.709. The molecular weight excluding hydrogens is 241 g/mol. The topological polar surface area (TPSA) is 40.7 Å². The SMILES string of the molecule is CCCNC(Cc1ncc[nH]1)c1cc(C)ccc1F. The van der Waals surface area contributed by atoms with Crippen LogP contribution in [0.4, 0.5) is 4.39 Å². The molecule has 1 atom stereocenters. The molecule has 2 rings (SSSR count). The molecule has 0 spiro atoms. The van der Waals surface area contributed by atoms with E-state index in [-0.39, 0.29) is 11.9 Å². The highest BCUT2D eigenvalue weighted by Gasteiger charge is 2.17. The normalized spacial score (nSPS) is 12.6. The van der Waals surface area contributed by atoms with Crippen molar-refractivity contribution in [1.29, 1.82) is 0 Å². The Morgan fingerprint density at radius 2 is 2.26 bits per heavy atom. The number of H-pyrrole nitrogens is 1. The number of hydrogen-bond donors (Lipinski definition) is 2. The third-order valence-electron chi connectivity index (χ3n) is 3.12. The van der Waals surface area contributed by atoms with Gasteiger partial charge in [0.15, 0.2) is 0 Å². The van der Waals surface area contributed by atoms with Gasteiger partial charge in [-0.1, -0.05) is 24.6 Å². The Morgan fingerprint density at radius 1 is 1.42 bits per heavy atom. The van der Waals surface area contributed by atoms with Crippen molar-refractivity contribution in [3.63, 3.8) is 0 Å². The van der Waals surface area contributed by atoms with Crippen LogP contribution in [0.2, 0.25) is 0 Å². The fourth-order valence-electron chi connectivity index (χ4n) is 2.14. The molecule has 1 aromatic heterocycles. The lowest BCUT2D eigenvalue weighted by Gasteiger charge is -2.19. The fourth-order valence-corrected chi connectivity index (χ4v) is 2.14. The molecule has 1 aromatic carbocycles. The predicted octanol–water partition coefficient (Wildman–Crippen LogP) is 3.14. The van der Waals surface area contributed by atoms with Gasteiger partial charge in [0.25, 0.3) is 0 Å². The summed E-state index contributed by atoms with van der Waals surface area (Å²) in [6.45, 7) is 4.94. The van der Waals surface area contributed by atoms with Crippen molar-refractivity contribution in [3.8, 4) is 0 Å². The second kappa shape index (κ2) is 6.48. The Balaban J connectivity index is 2.23. The van der Waals surface area contributed by atoms with E-state index in [4.69, 9.17) is 0 Å². The Labute approximate surface area is 113 Å². The molecule has 0 aliphatic heterocycles.